The number of aromatic nitrogens is 2. The van der Waals surface area contributed by atoms with Gasteiger partial charge >= 0.3 is 0 Å². The van der Waals surface area contributed by atoms with Gasteiger partial charge in [0.05, 0.1) is 11.1 Å². The third kappa shape index (κ3) is 5.37. The molecule has 1 N–H and O–H groups in total. The molecule has 2 aromatic heterocycles. The number of pyridine rings is 1. The van der Waals surface area contributed by atoms with E-state index in [1.807, 2.05) is 48.5 Å². The van der Waals surface area contributed by atoms with Gasteiger partial charge < -0.3 is 9.52 Å². The van der Waals surface area contributed by atoms with Gasteiger partial charge in [0, 0.05) is 38.4 Å². The molecule has 0 aliphatic carbocycles. The number of aromatic hydroxyl groups is 1. The Hall–Kier alpha value is -4.01. The van der Waals surface area contributed by atoms with E-state index >= 15 is 0 Å². The van der Waals surface area contributed by atoms with Crippen molar-refractivity contribution in [3.8, 4) is 39.6 Å². The molecule has 0 spiro atoms. The van der Waals surface area contributed by atoms with Gasteiger partial charge in [-0.3, -0.25) is 4.98 Å². The molecule has 202 valence electrons. The minimum Gasteiger partial charge on any atom is -0.507 e. The second-order valence-electron chi connectivity index (χ2n) is 10.2. The van der Waals surface area contributed by atoms with Crippen molar-refractivity contribution in [1.82, 2.24) is 9.97 Å². The van der Waals surface area contributed by atoms with Crippen molar-refractivity contribution in [3.05, 3.63) is 126 Å². The van der Waals surface area contributed by atoms with Crippen molar-refractivity contribution in [1.29, 1.82) is 0 Å². The molecule has 0 saturated heterocycles. The number of rotatable bonds is 6. The Morgan fingerprint density at radius 1 is 0.700 bits per heavy atom. The van der Waals surface area contributed by atoms with E-state index in [0.29, 0.717) is 23.0 Å². The number of benzene rings is 4. The van der Waals surface area contributed by atoms with Crippen LogP contribution in [-0.2, 0) is 21.1 Å². The largest absolute Gasteiger partial charge is 0.507 e. The third-order valence-corrected chi connectivity index (χ3v) is 7.19. The fourth-order valence-electron chi connectivity index (χ4n) is 4.89. The monoisotopic (exact) mass is 704 g/mol. The molecule has 0 aliphatic heterocycles. The van der Waals surface area contributed by atoms with Crippen LogP contribution in [0.5, 0.6) is 5.75 Å². The molecule has 0 saturated carbocycles. The molecule has 5 heteroatoms. The van der Waals surface area contributed by atoms with Gasteiger partial charge in [0.2, 0.25) is 5.89 Å². The first-order chi connectivity index (χ1) is 19.0. The van der Waals surface area contributed by atoms with Gasteiger partial charge in [-0.1, -0.05) is 92.6 Å². The van der Waals surface area contributed by atoms with Gasteiger partial charge in [0.25, 0.3) is 0 Å². The van der Waals surface area contributed by atoms with E-state index in [1.165, 1.54) is 5.56 Å². The Morgan fingerprint density at radius 3 is 2.20 bits per heavy atom. The zero-order valence-electron chi connectivity index (χ0n) is 22.5. The molecular weight excluding hydrogens is 675 g/mol. The second kappa shape index (κ2) is 11.6. The Kier molecular flexibility index (Phi) is 8.00. The Labute approximate surface area is 249 Å². The molecule has 1 unspecified atom stereocenters. The summed E-state index contributed by atoms with van der Waals surface area (Å²) in [6, 6.07) is 37.7. The number of oxazole rings is 1. The molecular formula is C35H29N2O2Pt-. The van der Waals surface area contributed by atoms with Gasteiger partial charge in [0.1, 0.15) is 11.3 Å². The fraction of sp³-hybridized carbons (Fsp3) is 0.143. The summed E-state index contributed by atoms with van der Waals surface area (Å²) in [5.74, 6) is 1.01. The minimum atomic E-state index is 0. The van der Waals surface area contributed by atoms with Crippen molar-refractivity contribution in [2.24, 2.45) is 0 Å². The second-order valence-corrected chi connectivity index (χ2v) is 10.2. The summed E-state index contributed by atoms with van der Waals surface area (Å²) in [5, 5.41) is 10.4. The summed E-state index contributed by atoms with van der Waals surface area (Å²) >= 11 is 0. The van der Waals surface area contributed by atoms with Crippen LogP contribution < -0.4 is 0 Å². The van der Waals surface area contributed by atoms with Crippen molar-refractivity contribution in [2.75, 3.05) is 0 Å². The van der Waals surface area contributed by atoms with Gasteiger partial charge in [-0.2, -0.15) is 0 Å². The standard InChI is InChI=1S/C35H29N2O2.Pt/c1-22(2)27-20-29(34-33(21-27)39-35(37-34)28-15-7-8-18-32(28)38)25-13-9-14-26(19-25)31-17-10-16-30(36-31)23(3)24-11-5-4-6-12-24;/h4-18,20-23,38H,1-3H3;/q-1;. The summed E-state index contributed by atoms with van der Waals surface area (Å²) in [6.07, 6.45) is 0. The molecule has 0 aliphatic rings. The van der Waals surface area contributed by atoms with Crippen LogP contribution in [0.25, 0.3) is 44.9 Å². The summed E-state index contributed by atoms with van der Waals surface area (Å²) < 4.78 is 6.19. The number of hydrogen-bond donors (Lipinski definition) is 1. The van der Waals surface area contributed by atoms with E-state index in [1.54, 1.807) is 12.1 Å². The van der Waals surface area contributed by atoms with Crippen LogP contribution >= 0.6 is 0 Å². The topological polar surface area (TPSA) is 59.2 Å². The molecule has 0 amide bonds. The van der Waals surface area contributed by atoms with Crippen LogP contribution in [0.2, 0.25) is 0 Å². The summed E-state index contributed by atoms with van der Waals surface area (Å²) in [4.78, 5) is 9.85. The maximum Gasteiger partial charge on any atom is 0.230 e. The van der Waals surface area contributed by atoms with E-state index in [0.717, 1.165) is 39.2 Å². The Bertz CT molecular complexity index is 1780. The van der Waals surface area contributed by atoms with Crippen molar-refractivity contribution in [2.45, 2.75) is 32.6 Å². The molecule has 4 nitrogen and oxygen atoms in total. The zero-order chi connectivity index (χ0) is 26.9. The average molecular weight is 705 g/mol. The average Bonchev–Trinajstić information content (AvgIpc) is 3.41. The van der Waals surface area contributed by atoms with Crippen LogP contribution in [0, 0.1) is 6.07 Å². The fourth-order valence-corrected chi connectivity index (χ4v) is 4.89. The van der Waals surface area contributed by atoms with Crippen molar-refractivity contribution in [3.63, 3.8) is 0 Å². The van der Waals surface area contributed by atoms with Crippen LogP contribution in [0.1, 0.15) is 49.4 Å². The predicted octanol–water partition coefficient (Wildman–Crippen LogP) is 9.00. The quantitative estimate of drug-likeness (QED) is 0.176. The normalized spacial score (nSPS) is 11.9. The van der Waals surface area contributed by atoms with Gasteiger partial charge in [0.15, 0.2) is 0 Å². The van der Waals surface area contributed by atoms with Crippen LogP contribution in [-0.4, -0.2) is 15.1 Å². The molecule has 0 radical (unpaired) electrons. The van der Waals surface area contributed by atoms with Crippen molar-refractivity contribution >= 4 is 11.1 Å². The van der Waals surface area contributed by atoms with Crippen LogP contribution in [0.4, 0.5) is 0 Å². The molecule has 0 bridgehead atoms. The van der Waals surface area contributed by atoms with Gasteiger partial charge in [-0.25, -0.2) is 4.98 Å². The molecule has 6 rings (SSSR count). The van der Waals surface area contributed by atoms with Gasteiger partial charge in [-0.15, -0.1) is 29.8 Å². The van der Waals surface area contributed by atoms with E-state index in [9.17, 15) is 5.11 Å². The van der Waals surface area contributed by atoms with E-state index in [2.05, 4.69) is 69.3 Å². The van der Waals surface area contributed by atoms with E-state index in [-0.39, 0.29) is 32.7 Å². The van der Waals surface area contributed by atoms with Crippen LogP contribution in [0.3, 0.4) is 0 Å². The molecule has 4 aromatic carbocycles. The predicted molar refractivity (Wildman–Crippen MR) is 157 cm³/mol. The van der Waals surface area contributed by atoms with Crippen LogP contribution in [0.15, 0.2) is 108 Å². The van der Waals surface area contributed by atoms with Gasteiger partial charge in [-0.05, 0) is 41.3 Å². The first-order valence-electron chi connectivity index (χ1n) is 13.3. The minimum absolute atomic E-state index is 0. The number of hydrogen-bond acceptors (Lipinski definition) is 4. The Morgan fingerprint density at radius 2 is 1.43 bits per heavy atom. The zero-order valence-corrected chi connectivity index (χ0v) is 24.8. The SMILES string of the molecule is CC(C)c1cc(-c2[c-]c(-c3cccc(C(C)c4ccccc4)n3)ccc2)c2nc(-c3ccccc3O)oc2c1.[Pt]. The number of para-hydroxylation sites is 1. The maximum atomic E-state index is 10.4. The summed E-state index contributed by atoms with van der Waals surface area (Å²) in [5.41, 5.74) is 9.05. The van der Waals surface area contributed by atoms with E-state index < -0.39 is 0 Å². The Balaban J connectivity index is 0.00000323. The molecule has 0 fully saturated rings. The third-order valence-electron chi connectivity index (χ3n) is 7.19. The summed E-state index contributed by atoms with van der Waals surface area (Å²) in [6.45, 7) is 6.51. The van der Waals surface area contributed by atoms with E-state index in [4.69, 9.17) is 14.4 Å². The molecule has 6 aromatic rings. The first kappa shape index (κ1) is 27.6. The first-order valence-corrected chi connectivity index (χ1v) is 13.3. The number of nitrogens with zero attached hydrogens (tertiary/aromatic N) is 2. The number of phenols is 1. The molecule has 40 heavy (non-hydrogen) atoms. The number of phenolic OH excluding ortho intramolecular Hbond substituents is 1. The van der Waals surface area contributed by atoms with Crippen molar-refractivity contribution < 1.29 is 30.6 Å². The maximum absolute atomic E-state index is 10.4. The smallest absolute Gasteiger partial charge is 0.230 e. The number of fused-ring (bicyclic) bond motifs is 1. The molecule has 1 atom stereocenters. The summed E-state index contributed by atoms with van der Waals surface area (Å²) in [7, 11) is 0. The molecule has 2 heterocycles.